The lowest BCUT2D eigenvalue weighted by molar-refractivity contribution is -0.142. The van der Waals surface area contributed by atoms with Gasteiger partial charge in [0.25, 0.3) is 0 Å². The van der Waals surface area contributed by atoms with Crippen molar-refractivity contribution in [2.45, 2.75) is 20.0 Å². The number of aliphatic hydroxyl groups is 1. The van der Waals surface area contributed by atoms with Crippen LogP contribution in [0.15, 0.2) is 12.1 Å². The molecule has 1 N–H and O–H groups in total. The normalized spacial score (nSPS) is 9.76. The highest BCUT2D eigenvalue weighted by atomic mass is 35.5. The second-order valence-corrected chi connectivity index (χ2v) is 3.76. The fraction of sp³-hybridized carbons (Fsp3) is 0.333. The first-order valence-electron chi connectivity index (χ1n) is 5.10. The van der Waals surface area contributed by atoms with Crippen LogP contribution in [0.1, 0.15) is 23.6 Å². The number of benzene rings is 1. The number of carbonyl (C=O) groups excluding carboxylic acids is 1. The number of nitrogens with zero attached hydrogens (tertiary/aromatic N) is 1. The molecule has 1 aromatic carbocycles. The topological polar surface area (TPSA) is 70.3 Å². The third-order valence-electron chi connectivity index (χ3n) is 2.20. The van der Waals surface area contributed by atoms with Gasteiger partial charge in [-0.25, -0.2) is 0 Å². The minimum atomic E-state index is -0.407. The number of halogens is 1. The van der Waals surface area contributed by atoms with Crippen LogP contribution in [-0.2, 0) is 22.6 Å². The molecule has 0 radical (unpaired) electrons. The molecule has 0 fully saturated rings. The zero-order valence-electron chi connectivity index (χ0n) is 9.36. The quantitative estimate of drug-likeness (QED) is 0.831. The van der Waals surface area contributed by atoms with Crippen molar-refractivity contribution in [3.63, 3.8) is 0 Å². The van der Waals surface area contributed by atoms with Crippen LogP contribution in [-0.4, -0.2) is 17.7 Å². The molecular formula is C12H12ClNO3. The number of rotatable bonds is 4. The minimum Gasteiger partial charge on any atom is -0.466 e. The summed E-state index contributed by atoms with van der Waals surface area (Å²) in [6.07, 6.45) is 0.000895. The van der Waals surface area contributed by atoms with Gasteiger partial charge in [0, 0.05) is 5.02 Å². The molecule has 5 heteroatoms. The zero-order chi connectivity index (χ0) is 12.8. The molecule has 0 amide bonds. The van der Waals surface area contributed by atoms with Crippen molar-refractivity contribution < 1.29 is 14.6 Å². The third kappa shape index (κ3) is 3.45. The minimum absolute atomic E-state index is 0.000895. The first-order valence-corrected chi connectivity index (χ1v) is 5.48. The van der Waals surface area contributed by atoms with Crippen molar-refractivity contribution >= 4 is 17.6 Å². The van der Waals surface area contributed by atoms with E-state index in [2.05, 4.69) is 0 Å². The van der Waals surface area contributed by atoms with Crippen molar-refractivity contribution in [2.75, 3.05) is 6.61 Å². The molecule has 17 heavy (non-hydrogen) atoms. The van der Waals surface area contributed by atoms with Crippen LogP contribution >= 0.6 is 11.6 Å². The van der Waals surface area contributed by atoms with Gasteiger partial charge in [0.1, 0.15) is 0 Å². The predicted octanol–water partition coefficient (Wildman–Crippen LogP) is 1.81. The van der Waals surface area contributed by atoms with Crippen molar-refractivity contribution in [1.29, 1.82) is 5.26 Å². The SMILES string of the molecule is CCOC(=O)Cc1cc(CO)c(Cl)cc1C#N. The van der Waals surface area contributed by atoms with E-state index >= 15 is 0 Å². The summed E-state index contributed by atoms with van der Waals surface area (Å²) in [4.78, 5) is 11.3. The number of hydrogen-bond acceptors (Lipinski definition) is 4. The van der Waals surface area contributed by atoms with Crippen LogP contribution in [0.2, 0.25) is 5.02 Å². The van der Waals surface area contributed by atoms with E-state index in [1.807, 2.05) is 6.07 Å². The maximum absolute atomic E-state index is 11.3. The van der Waals surface area contributed by atoms with E-state index in [-0.39, 0.29) is 13.0 Å². The Bertz CT molecular complexity index is 466. The maximum Gasteiger partial charge on any atom is 0.310 e. The molecule has 0 heterocycles. The summed E-state index contributed by atoms with van der Waals surface area (Å²) < 4.78 is 4.81. The van der Waals surface area contributed by atoms with Gasteiger partial charge in [-0.2, -0.15) is 5.26 Å². The summed E-state index contributed by atoms with van der Waals surface area (Å²) in [5.41, 5.74) is 1.32. The summed E-state index contributed by atoms with van der Waals surface area (Å²) in [6, 6.07) is 4.96. The average Bonchev–Trinajstić information content (AvgIpc) is 2.31. The van der Waals surface area contributed by atoms with Gasteiger partial charge >= 0.3 is 5.97 Å². The lowest BCUT2D eigenvalue weighted by Crippen LogP contribution is -2.09. The molecule has 1 rings (SSSR count). The van der Waals surface area contributed by atoms with Crippen molar-refractivity contribution in [1.82, 2.24) is 0 Å². The third-order valence-corrected chi connectivity index (χ3v) is 2.55. The molecular weight excluding hydrogens is 242 g/mol. The van der Waals surface area contributed by atoms with E-state index in [1.165, 1.54) is 6.07 Å². The Morgan fingerprint density at radius 3 is 2.76 bits per heavy atom. The number of nitriles is 1. The van der Waals surface area contributed by atoms with Crippen LogP contribution in [0, 0.1) is 11.3 Å². The van der Waals surface area contributed by atoms with Gasteiger partial charge in [0.2, 0.25) is 0 Å². The molecule has 0 aliphatic carbocycles. The Morgan fingerprint density at radius 1 is 1.53 bits per heavy atom. The van der Waals surface area contributed by atoms with Gasteiger partial charge in [0.15, 0.2) is 0 Å². The number of hydrogen-bond donors (Lipinski definition) is 1. The summed E-state index contributed by atoms with van der Waals surface area (Å²) in [7, 11) is 0. The maximum atomic E-state index is 11.3. The fourth-order valence-electron chi connectivity index (χ4n) is 1.41. The highest BCUT2D eigenvalue weighted by Crippen LogP contribution is 2.22. The van der Waals surface area contributed by atoms with Gasteiger partial charge in [-0.3, -0.25) is 4.79 Å². The molecule has 90 valence electrons. The number of esters is 1. The molecule has 4 nitrogen and oxygen atoms in total. The van der Waals surface area contributed by atoms with E-state index in [0.29, 0.717) is 28.3 Å². The largest absolute Gasteiger partial charge is 0.466 e. The van der Waals surface area contributed by atoms with Crippen molar-refractivity contribution in [2.24, 2.45) is 0 Å². The summed E-state index contributed by atoms with van der Waals surface area (Å²) in [6.45, 7) is 1.77. The van der Waals surface area contributed by atoms with Gasteiger partial charge in [-0.05, 0) is 24.1 Å². The van der Waals surface area contributed by atoms with E-state index in [4.69, 9.17) is 26.7 Å². The van der Waals surface area contributed by atoms with Crippen molar-refractivity contribution in [3.05, 3.63) is 33.8 Å². The van der Waals surface area contributed by atoms with Crippen LogP contribution in [0.4, 0.5) is 0 Å². The van der Waals surface area contributed by atoms with E-state index in [9.17, 15) is 4.79 Å². The zero-order valence-corrected chi connectivity index (χ0v) is 10.1. The van der Waals surface area contributed by atoms with E-state index in [1.54, 1.807) is 13.0 Å². The molecule has 1 aromatic rings. The Morgan fingerprint density at radius 2 is 2.24 bits per heavy atom. The highest BCUT2D eigenvalue weighted by molar-refractivity contribution is 6.31. The Hall–Kier alpha value is -1.57. The molecule has 0 aromatic heterocycles. The van der Waals surface area contributed by atoms with Crippen LogP contribution in [0.5, 0.6) is 0 Å². The molecule has 0 saturated carbocycles. The monoisotopic (exact) mass is 253 g/mol. The van der Waals surface area contributed by atoms with Crippen LogP contribution in [0.25, 0.3) is 0 Å². The number of carbonyl (C=O) groups is 1. The van der Waals surface area contributed by atoms with Crippen molar-refractivity contribution in [3.8, 4) is 6.07 Å². The lowest BCUT2D eigenvalue weighted by atomic mass is 10.0. The molecule has 0 saturated heterocycles. The fourth-order valence-corrected chi connectivity index (χ4v) is 1.63. The van der Waals surface area contributed by atoms with Crippen LogP contribution < -0.4 is 0 Å². The van der Waals surface area contributed by atoms with Gasteiger partial charge in [0.05, 0.1) is 31.3 Å². The molecule has 0 spiro atoms. The number of aliphatic hydroxyl groups excluding tert-OH is 1. The standard InChI is InChI=1S/C12H12ClNO3/c1-2-17-12(16)5-8-3-10(7-15)11(13)4-9(8)6-14/h3-4,15H,2,5,7H2,1H3. The van der Waals surface area contributed by atoms with Gasteiger partial charge in [-0.15, -0.1) is 0 Å². The highest BCUT2D eigenvalue weighted by Gasteiger charge is 2.12. The Labute approximate surface area is 104 Å². The molecule has 0 aliphatic rings. The molecule has 0 atom stereocenters. The smallest absolute Gasteiger partial charge is 0.310 e. The lowest BCUT2D eigenvalue weighted by Gasteiger charge is -2.08. The molecule has 0 unspecified atom stereocenters. The molecule has 0 aliphatic heterocycles. The van der Waals surface area contributed by atoms with Gasteiger partial charge in [-0.1, -0.05) is 17.7 Å². The predicted molar refractivity (Wildman–Crippen MR) is 62.4 cm³/mol. The second kappa shape index (κ2) is 6.24. The van der Waals surface area contributed by atoms with E-state index < -0.39 is 5.97 Å². The molecule has 0 bridgehead atoms. The summed E-state index contributed by atoms with van der Waals surface area (Å²) in [5, 5.41) is 18.3. The first kappa shape index (κ1) is 13.5. The van der Waals surface area contributed by atoms with Gasteiger partial charge < -0.3 is 9.84 Å². The average molecular weight is 254 g/mol. The summed E-state index contributed by atoms with van der Waals surface area (Å²) >= 11 is 5.85. The summed E-state index contributed by atoms with van der Waals surface area (Å²) in [5.74, 6) is -0.407. The Balaban J connectivity index is 3.05. The Kier molecular flexibility index (Phi) is 4.95. The number of ether oxygens (including phenoxy) is 1. The first-order chi connectivity index (χ1) is 8.12. The second-order valence-electron chi connectivity index (χ2n) is 3.35. The van der Waals surface area contributed by atoms with Crippen LogP contribution in [0.3, 0.4) is 0 Å². The van der Waals surface area contributed by atoms with E-state index in [0.717, 1.165) is 0 Å².